The Morgan fingerprint density at radius 2 is 1.72 bits per heavy atom. The minimum atomic E-state index is -3.14. The number of hydrogen-bond donors (Lipinski definition) is 1. The summed E-state index contributed by atoms with van der Waals surface area (Å²) >= 11 is 0. The maximum absolute atomic E-state index is 12.6. The Balaban J connectivity index is 1.07. The largest absolute Gasteiger partial charge is 0.347 e. The molecule has 1 aromatic carbocycles. The number of nitrogens with one attached hydrogen (secondary N) is 1. The van der Waals surface area contributed by atoms with E-state index in [1.165, 1.54) is 11.8 Å². The Hall–Kier alpha value is -2.09. The van der Waals surface area contributed by atoms with Gasteiger partial charge in [-0.2, -0.15) is 0 Å². The Kier molecular flexibility index (Phi) is 4.04. The maximum atomic E-state index is 12.6. The smallest absolute Gasteiger partial charge is 0.320 e. The predicted octanol–water partition coefficient (Wildman–Crippen LogP) is 1.43. The quantitative estimate of drug-likeness (QED) is 0.806. The third-order valence-electron chi connectivity index (χ3n) is 7.14. The fourth-order valence-electron chi connectivity index (χ4n) is 5.70. The molecule has 7 nitrogen and oxygen atoms in total. The summed E-state index contributed by atoms with van der Waals surface area (Å²) in [6.07, 6.45) is 5.87. The fourth-order valence-corrected chi connectivity index (χ4v) is 6.33. The average Bonchev–Trinajstić information content (AvgIpc) is 2.96. The van der Waals surface area contributed by atoms with Gasteiger partial charge in [0.2, 0.25) is 5.91 Å². The van der Waals surface area contributed by atoms with Gasteiger partial charge in [-0.05, 0) is 49.3 Å². The number of rotatable bonds is 3. The van der Waals surface area contributed by atoms with Crippen LogP contribution in [0.3, 0.4) is 0 Å². The molecule has 1 aliphatic carbocycles. The number of benzene rings is 1. The third-order valence-corrected chi connectivity index (χ3v) is 8.26. The van der Waals surface area contributed by atoms with Crippen molar-refractivity contribution in [1.29, 1.82) is 0 Å². The highest BCUT2D eigenvalue weighted by molar-refractivity contribution is 7.90. The van der Waals surface area contributed by atoms with Crippen molar-refractivity contribution in [3.8, 4) is 0 Å². The van der Waals surface area contributed by atoms with Crippen LogP contribution in [0.1, 0.15) is 31.2 Å². The third kappa shape index (κ3) is 3.31. The van der Waals surface area contributed by atoms with Gasteiger partial charge in [0.05, 0.1) is 10.4 Å². The van der Waals surface area contributed by atoms with Crippen LogP contribution < -0.4 is 5.32 Å². The standard InChI is InChI=1S/C21H27N3O4S/c1-29(27,28)17-4-2-15(3-5-17)8-16-9-20(10-16)11-23(12-20)19(26)24-13-21(14-24)7-6-18(25)22-21/h2-5,16H,6-14H2,1H3,(H,22,25). The summed E-state index contributed by atoms with van der Waals surface area (Å²) in [6.45, 7) is 2.97. The molecule has 1 N–H and O–H groups in total. The Morgan fingerprint density at radius 1 is 1.10 bits per heavy atom. The van der Waals surface area contributed by atoms with Gasteiger partial charge in [-0.1, -0.05) is 12.1 Å². The second-order valence-corrected chi connectivity index (χ2v) is 11.7. The van der Waals surface area contributed by atoms with Crippen LogP contribution in [0.15, 0.2) is 29.2 Å². The van der Waals surface area contributed by atoms with Crippen molar-refractivity contribution < 1.29 is 18.0 Å². The van der Waals surface area contributed by atoms with Gasteiger partial charge in [-0.3, -0.25) is 4.79 Å². The van der Waals surface area contributed by atoms with Crippen molar-refractivity contribution in [3.63, 3.8) is 0 Å². The minimum Gasteiger partial charge on any atom is -0.347 e. The lowest BCUT2D eigenvalue weighted by Crippen LogP contribution is -2.73. The van der Waals surface area contributed by atoms with E-state index in [0.717, 1.165) is 38.8 Å². The average molecular weight is 418 g/mol. The monoisotopic (exact) mass is 417 g/mol. The number of urea groups is 1. The molecule has 3 aliphatic heterocycles. The predicted molar refractivity (Wildman–Crippen MR) is 107 cm³/mol. The van der Waals surface area contributed by atoms with Crippen molar-refractivity contribution in [2.24, 2.45) is 11.3 Å². The molecule has 0 unspecified atom stereocenters. The number of nitrogens with zero attached hydrogens (tertiary/aromatic N) is 2. The number of amides is 3. The second-order valence-electron chi connectivity index (χ2n) is 9.72. The highest BCUT2D eigenvalue weighted by atomic mass is 32.2. The van der Waals surface area contributed by atoms with Crippen molar-refractivity contribution in [2.75, 3.05) is 32.4 Å². The molecule has 0 bridgehead atoms. The molecule has 0 aromatic heterocycles. The molecule has 29 heavy (non-hydrogen) atoms. The van der Waals surface area contributed by atoms with Crippen LogP contribution in [0.25, 0.3) is 0 Å². The Labute approximate surface area is 171 Å². The molecule has 3 heterocycles. The number of likely N-dealkylation sites (tertiary alicyclic amines) is 2. The van der Waals surface area contributed by atoms with Crippen LogP contribution in [-0.2, 0) is 21.1 Å². The first-order valence-corrected chi connectivity index (χ1v) is 12.2. The zero-order chi connectivity index (χ0) is 20.4. The summed E-state index contributed by atoms with van der Waals surface area (Å²) in [4.78, 5) is 28.2. The molecule has 4 aliphatic rings. The Bertz CT molecular complexity index is 952. The summed E-state index contributed by atoms with van der Waals surface area (Å²) < 4.78 is 23.1. The summed E-state index contributed by atoms with van der Waals surface area (Å²) in [5.74, 6) is 0.712. The van der Waals surface area contributed by atoms with E-state index in [2.05, 4.69) is 5.32 Å². The van der Waals surface area contributed by atoms with Gasteiger partial charge in [0, 0.05) is 44.3 Å². The van der Waals surface area contributed by atoms with Crippen LogP contribution >= 0.6 is 0 Å². The van der Waals surface area contributed by atoms with E-state index >= 15 is 0 Å². The van der Waals surface area contributed by atoms with Gasteiger partial charge in [-0.25, -0.2) is 13.2 Å². The topological polar surface area (TPSA) is 86.8 Å². The maximum Gasteiger partial charge on any atom is 0.320 e. The van der Waals surface area contributed by atoms with E-state index in [1.54, 1.807) is 12.1 Å². The number of sulfone groups is 1. The molecule has 0 atom stereocenters. The first-order chi connectivity index (χ1) is 13.7. The van der Waals surface area contributed by atoms with E-state index in [0.29, 0.717) is 30.3 Å². The molecular weight excluding hydrogens is 390 g/mol. The highest BCUT2D eigenvalue weighted by Gasteiger charge is 2.56. The summed E-state index contributed by atoms with van der Waals surface area (Å²) in [5, 5.41) is 3.02. The molecule has 1 saturated carbocycles. The zero-order valence-electron chi connectivity index (χ0n) is 16.7. The normalized spacial score (nSPS) is 24.8. The van der Waals surface area contributed by atoms with Crippen LogP contribution in [0.5, 0.6) is 0 Å². The summed E-state index contributed by atoms with van der Waals surface area (Å²) in [5.41, 5.74) is 1.31. The van der Waals surface area contributed by atoms with Gasteiger partial charge < -0.3 is 15.1 Å². The van der Waals surface area contributed by atoms with Gasteiger partial charge in [-0.15, -0.1) is 0 Å². The number of carbonyl (C=O) groups excluding carboxylic acids is 2. The van der Waals surface area contributed by atoms with Crippen molar-refractivity contribution >= 4 is 21.8 Å². The number of hydrogen-bond acceptors (Lipinski definition) is 4. The van der Waals surface area contributed by atoms with Gasteiger partial charge in [0.25, 0.3) is 0 Å². The summed E-state index contributed by atoms with van der Waals surface area (Å²) in [6, 6.07) is 7.33. The molecule has 3 amide bonds. The molecule has 156 valence electrons. The van der Waals surface area contributed by atoms with Gasteiger partial charge in [0.15, 0.2) is 9.84 Å². The van der Waals surface area contributed by atoms with E-state index in [9.17, 15) is 18.0 Å². The minimum absolute atomic E-state index is 0.103. The molecule has 8 heteroatoms. The first-order valence-electron chi connectivity index (χ1n) is 10.3. The lowest BCUT2D eigenvalue weighted by atomic mass is 9.56. The second kappa shape index (κ2) is 6.20. The van der Waals surface area contributed by atoms with Crippen LogP contribution in [0.2, 0.25) is 0 Å². The van der Waals surface area contributed by atoms with E-state index < -0.39 is 9.84 Å². The summed E-state index contributed by atoms with van der Waals surface area (Å²) in [7, 11) is -3.14. The molecule has 5 rings (SSSR count). The molecule has 0 radical (unpaired) electrons. The lowest BCUT2D eigenvalue weighted by molar-refractivity contribution is -0.120. The van der Waals surface area contributed by atoms with Crippen molar-refractivity contribution in [3.05, 3.63) is 29.8 Å². The lowest BCUT2D eigenvalue weighted by Gasteiger charge is -2.61. The zero-order valence-corrected chi connectivity index (χ0v) is 17.5. The van der Waals surface area contributed by atoms with Crippen molar-refractivity contribution in [2.45, 2.75) is 42.5 Å². The SMILES string of the molecule is CS(=O)(=O)c1ccc(CC2CC3(C2)CN(C(=O)N2CC4(CCC(=O)N4)C2)C3)cc1. The van der Waals surface area contributed by atoms with Gasteiger partial charge >= 0.3 is 6.03 Å². The molecule has 4 fully saturated rings. The first kappa shape index (κ1) is 18.9. The van der Waals surface area contributed by atoms with E-state index in [1.807, 2.05) is 21.9 Å². The molecule has 1 aromatic rings. The van der Waals surface area contributed by atoms with Crippen LogP contribution in [-0.4, -0.2) is 68.1 Å². The van der Waals surface area contributed by atoms with Crippen LogP contribution in [0.4, 0.5) is 4.79 Å². The fraction of sp³-hybridized carbons (Fsp3) is 0.619. The highest BCUT2D eigenvalue weighted by Crippen LogP contribution is 2.53. The molecule has 2 spiro atoms. The van der Waals surface area contributed by atoms with Crippen LogP contribution in [0, 0.1) is 11.3 Å². The van der Waals surface area contributed by atoms with Crippen molar-refractivity contribution in [1.82, 2.24) is 15.1 Å². The van der Waals surface area contributed by atoms with Gasteiger partial charge in [0.1, 0.15) is 0 Å². The Morgan fingerprint density at radius 3 is 2.28 bits per heavy atom. The molecule has 3 saturated heterocycles. The number of carbonyl (C=O) groups is 2. The van der Waals surface area contributed by atoms with E-state index in [-0.39, 0.29) is 22.9 Å². The molecular formula is C21H27N3O4S. The van der Waals surface area contributed by atoms with E-state index in [4.69, 9.17) is 0 Å².